The number of nitriles is 1. The van der Waals surface area contributed by atoms with Crippen molar-refractivity contribution in [3.05, 3.63) is 0 Å². The topological polar surface area (TPSA) is 74.2 Å². The van der Waals surface area contributed by atoms with E-state index >= 15 is 0 Å². The number of hydrogen-bond acceptors (Lipinski definition) is 4. The SMILES string of the molecule is CC(C#N)CNC(C)CNC(=O)OC(C)(C)C. The molecule has 0 rings (SSSR count). The molecule has 0 aromatic rings. The summed E-state index contributed by atoms with van der Waals surface area (Å²) in [5.74, 6) is -0.0287. The Hall–Kier alpha value is -1.28. The van der Waals surface area contributed by atoms with Crippen LogP contribution >= 0.6 is 0 Å². The Kier molecular flexibility index (Phi) is 6.59. The number of nitrogens with zero attached hydrogens (tertiary/aromatic N) is 1. The van der Waals surface area contributed by atoms with Gasteiger partial charge >= 0.3 is 6.09 Å². The standard InChI is InChI=1S/C12H23N3O2/c1-9(6-13)7-14-10(2)8-15-11(16)17-12(3,4)5/h9-10,14H,7-8H2,1-5H3,(H,15,16). The van der Waals surface area contributed by atoms with Gasteiger partial charge < -0.3 is 15.4 Å². The maximum absolute atomic E-state index is 11.3. The summed E-state index contributed by atoms with van der Waals surface area (Å²) in [6.07, 6.45) is -0.417. The van der Waals surface area contributed by atoms with Gasteiger partial charge in [-0.2, -0.15) is 5.26 Å². The number of carbonyl (C=O) groups is 1. The van der Waals surface area contributed by atoms with Crippen LogP contribution in [0.3, 0.4) is 0 Å². The molecule has 0 saturated carbocycles. The highest BCUT2D eigenvalue weighted by atomic mass is 16.6. The molecular weight excluding hydrogens is 218 g/mol. The lowest BCUT2D eigenvalue weighted by atomic mass is 10.2. The zero-order valence-corrected chi connectivity index (χ0v) is 11.3. The fourth-order valence-corrected chi connectivity index (χ4v) is 1.05. The number of hydrogen-bond donors (Lipinski definition) is 2. The molecule has 0 aliphatic rings. The van der Waals surface area contributed by atoms with Crippen molar-refractivity contribution < 1.29 is 9.53 Å². The number of alkyl carbamates (subject to hydrolysis) is 1. The summed E-state index contributed by atoms with van der Waals surface area (Å²) in [6, 6.07) is 2.25. The third-order valence-electron chi connectivity index (χ3n) is 1.94. The van der Waals surface area contributed by atoms with Crippen molar-refractivity contribution in [1.82, 2.24) is 10.6 Å². The Morgan fingerprint density at radius 2 is 1.94 bits per heavy atom. The van der Waals surface area contributed by atoms with Gasteiger partial charge in [-0.1, -0.05) is 0 Å². The molecule has 0 aliphatic heterocycles. The van der Waals surface area contributed by atoms with Gasteiger partial charge in [-0.25, -0.2) is 4.79 Å². The van der Waals surface area contributed by atoms with Crippen molar-refractivity contribution in [2.75, 3.05) is 13.1 Å². The summed E-state index contributed by atoms with van der Waals surface area (Å²) < 4.78 is 5.10. The summed E-state index contributed by atoms with van der Waals surface area (Å²) in [5, 5.41) is 14.4. The lowest BCUT2D eigenvalue weighted by Gasteiger charge is -2.21. The van der Waals surface area contributed by atoms with E-state index in [1.165, 1.54) is 0 Å². The molecule has 5 heteroatoms. The average Bonchev–Trinajstić information content (AvgIpc) is 2.20. The predicted molar refractivity (Wildman–Crippen MR) is 66.5 cm³/mol. The largest absolute Gasteiger partial charge is 0.444 e. The Morgan fingerprint density at radius 1 is 1.35 bits per heavy atom. The van der Waals surface area contributed by atoms with Crippen LogP contribution in [0.1, 0.15) is 34.6 Å². The molecule has 0 fully saturated rings. The maximum Gasteiger partial charge on any atom is 0.407 e. The van der Waals surface area contributed by atoms with Gasteiger partial charge in [-0.05, 0) is 34.6 Å². The molecule has 1 amide bonds. The molecule has 0 heterocycles. The normalized spacial score (nSPS) is 14.6. The highest BCUT2D eigenvalue weighted by Gasteiger charge is 2.16. The van der Waals surface area contributed by atoms with Gasteiger partial charge in [0.1, 0.15) is 5.60 Å². The Morgan fingerprint density at radius 3 is 2.41 bits per heavy atom. The van der Waals surface area contributed by atoms with Crippen LogP contribution in [0.25, 0.3) is 0 Å². The molecule has 0 saturated heterocycles. The summed E-state index contributed by atoms with van der Waals surface area (Å²) in [4.78, 5) is 11.3. The lowest BCUT2D eigenvalue weighted by Crippen LogP contribution is -2.42. The second kappa shape index (κ2) is 7.13. The molecular formula is C12H23N3O2. The Bertz CT molecular complexity index is 278. The highest BCUT2D eigenvalue weighted by Crippen LogP contribution is 2.06. The second-order valence-electron chi connectivity index (χ2n) is 5.22. The van der Waals surface area contributed by atoms with Crippen LogP contribution in [0.2, 0.25) is 0 Å². The average molecular weight is 241 g/mol. The van der Waals surface area contributed by atoms with E-state index in [0.29, 0.717) is 13.1 Å². The molecule has 0 aliphatic carbocycles. The van der Waals surface area contributed by atoms with Gasteiger partial charge in [0, 0.05) is 19.1 Å². The zero-order valence-electron chi connectivity index (χ0n) is 11.3. The first-order chi connectivity index (χ1) is 7.74. The minimum atomic E-state index is -0.476. The van der Waals surface area contributed by atoms with Gasteiger partial charge in [0.25, 0.3) is 0 Å². The summed E-state index contributed by atoms with van der Waals surface area (Å²) in [5.41, 5.74) is -0.476. The number of nitrogens with one attached hydrogen (secondary N) is 2. The molecule has 2 atom stereocenters. The first-order valence-electron chi connectivity index (χ1n) is 5.84. The van der Waals surface area contributed by atoms with E-state index in [-0.39, 0.29) is 12.0 Å². The molecule has 0 radical (unpaired) electrons. The third-order valence-corrected chi connectivity index (χ3v) is 1.94. The molecule has 0 aromatic carbocycles. The number of amides is 1. The first kappa shape index (κ1) is 15.7. The zero-order chi connectivity index (χ0) is 13.5. The molecule has 17 heavy (non-hydrogen) atoms. The maximum atomic E-state index is 11.3. The van der Waals surface area contributed by atoms with E-state index in [2.05, 4.69) is 16.7 Å². The molecule has 2 N–H and O–H groups in total. The van der Waals surface area contributed by atoms with E-state index in [4.69, 9.17) is 10.00 Å². The quantitative estimate of drug-likeness (QED) is 0.767. The van der Waals surface area contributed by atoms with E-state index in [0.717, 1.165) is 0 Å². The van der Waals surface area contributed by atoms with Gasteiger partial charge in [-0.15, -0.1) is 0 Å². The Labute approximate surface area is 104 Å². The molecule has 0 spiro atoms. The van der Waals surface area contributed by atoms with E-state index in [1.807, 2.05) is 34.6 Å². The van der Waals surface area contributed by atoms with Crippen LogP contribution in [0.15, 0.2) is 0 Å². The van der Waals surface area contributed by atoms with Crippen molar-refractivity contribution >= 4 is 6.09 Å². The van der Waals surface area contributed by atoms with Gasteiger partial charge in [-0.3, -0.25) is 0 Å². The van der Waals surface area contributed by atoms with Crippen LogP contribution in [-0.2, 0) is 4.74 Å². The second-order valence-corrected chi connectivity index (χ2v) is 5.22. The van der Waals surface area contributed by atoms with Crippen molar-refractivity contribution in [1.29, 1.82) is 5.26 Å². The van der Waals surface area contributed by atoms with Crippen LogP contribution in [0.4, 0.5) is 4.79 Å². The first-order valence-corrected chi connectivity index (χ1v) is 5.84. The molecule has 0 bridgehead atoms. The van der Waals surface area contributed by atoms with Crippen LogP contribution < -0.4 is 10.6 Å². The van der Waals surface area contributed by atoms with Crippen molar-refractivity contribution in [2.45, 2.75) is 46.3 Å². The monoisotopic (exact) mass is 241 g/mol. The fraction of sp³-hybridized carbons (Fsp3) is 0.833. The summed E-state index contributed by atoms with van der Waals surface area (Å²) >= 11 is 0. The van der Waals surface area contributed by atoms with Crippen molar-refractivity contribution in [3.8, 4) is 6.07 Å². The van der Waals surface area contributed by atoms with Gasteiger partial charge in [0.05, 0.1) is 12.0 Å². The smallest absolute Gasteiger partial charge is 0.407 e. The van der Waals surface area contributed by atoms with Crippen LogP contribution in [0.5, 0.6) is 0 Å². The summed E-state index contributed by atoms with van der Waals surface area (Å²) in [7, 11) is 0. The minimum absolute atomic E-state index is 0.0287. The number of ether oxygens (including phenoxy) is 1. The molecule has 2 unspecified atom stereocenters. The van der Waals surface area contributed by atoms with Crippen molar-refractivity contribution in [2.24, 2.45) is 5.92 Å². The minimum Gasteiger partial charge on any atom is -0.444 e. The Balaban J connectivity index is 3.74. The molecule has 0 aromatic heterocycles. The molecule has 5 nitrogen and oxygen atoms in total. The predicted octanol–water partition coefficient (Wildman–Crippen LogP) is 1.65. The van der Waals surface area contributed by atoms with E-state index in [1.54, 1.807) is 0 Å². The van der Waals surface area contributed by atoms with Gasteiger partial charge in [0.15, 0.2) is 0 Å². The summed E-state index contributed by atoms with van der Waals surface area (Å²) in [6.45, 7) is 10.4. The fourth-order valence-electron chi connectivity index (χ4n) is 1.05. The van der Waals surface area contributed by atoms with Crippen molar-refractivity contribution in [3.63, 3.8) is 0 Å². The molecule has 98 valence electrons. The third kappa shape index (κ3) is 9.64. The highest BCUT2D eigenvalue weighted by molar-refractivity contribution is 5.67. The van der Waals surface area contributed by atoms with Crippen LogP contribution in [0, 0.1) is 17.2 Å². The van der Waals surface area contributed by atoms with Gasteiger partial charge in [0.2, 0.25) is 0 Å². The lowest BCUT2D eigenvalue weighted by molar-refractivity contribution is 0.0523. The van der Waals surface area contributed by atoms with E-state index < -0.39 is 11.7 Å². The number of rotatable bonds is 5. The van der Waals surface area contributed by atoms with Crippen LogP contribution in [-0.4, -0.2) is 30.8 Å². The van der Waals surface area contributed by atoms with E-state index in [9.17, 15) is 4.79 Å². The number of carbonyl (C=O) groups excluding carboxylic acids is 1.